The standard InChI is InChI=1S/C17H19O/c1-14(2)12-15-8-10-17(11-9-15)18-13-16-6-4-3-5-7-16/h3-10,14H,12-13H2,1-2H3. The van der Waals surface area contributed by atoms with Crippen LogP contribution in [0.1, 0.15) is 25.0 Å². The van der Waals surface area contributed by atoms with Gasteiger partial charge in [-0.25, -0.2) is 0 Å². The third-order valence-corrected chi connectivity index (χ3v) is 2.73. The second-order valence-electron chi connectivity index (χ2n) is 4.93. The van der Waals surface area contributed by atoms with Crippen LogP contribution in [0.2, 0.25) is 0 Å². The van der Waals surface area contributed by atoms with Gasteiger partial charge in [-0.1, -0.05) is 50.2 Å². The maximum atomic E-state index is 5.70. The van der Waals surface area contributed by atoms with Gasteiger partial charge >= 0.3 is 0 Å². The summed E-state index contributed by atoms with van der Waals surface area (Å²) in [7, 11) is 0. The van der Waals surface area contributed by atoms with Gasteiger partial charge in [0.25, 0.3) is 0 Å². The van der Waals surface area contributed by atoms with Crippen molar-refractivity contribution >= 4 is 0 Å². The van der Waals surface area contributed by atoms with Crippen LogP contribution < -0.4 is 4.74 Å². The zero-order valence-corrected chi connectivity index (χ0v) is 11.0. The minimum atomic E-state index is 0.598. The predicted octanol–water partition coefficient (Wildman–Crippen LogP) is 4.26. The summed E-state index contributed by atoms with van der Waals surface area (Å²) in [5, 5.41) is 0. The van der Waals surface area contributed by atoms with Gasteiger partial charge in [0.05, 0.1) is 0 Å². The topological polar surface area (TPSA) is 9.23 Å². The average molecular weight is 239 g/mol. The molecule has 1 radical (unpaired) electrons. The zero-order chi connectivity index (χ0) is 12.8. The fourth-order valence-corrected chi connectivity index (χ4v) is 1.87. The Kier molecular flexibility index (Phi) is 4.40. The molecular weight excluding hydrogens is 220 g/mol. The Bertz CT molecular complexity index is 457. The van der Waals surface area contributed by atoms with E-state index in [1.54, 1.807) is 0 Å². The molecule has 0 amide bonds. The van der Waals surface area contributed by atoms with Crippen LogP contribution in [0.15, 0.2) is 48.5 Å². The zero-order valence-electron chi connectivity index (χ0n) is 11.0. The number of rotatable bonds is 5. The molecule has 0 saturated carbocycles. The molecule has 2 aromatic carbocycles. The summed E-state index contributed by atoms with van der Waals surface area (Å²) in [5.41, 5.74) is 2.49. The summed E-state index contributed by atoms with van der Waals surface area (Å²) in [6.45, 7) is 5.04. The number of hydrogen-bond donors (Lipinski definition) is 0. The molecule has 0 aliphatic rings. The van der Waals surface area contributed by atoms with E-state index in [0.29, 0.717) is 12.5 Å². The lowest BCUT2D eigenvalue weighted by atomic mass is 10.0. The van der Waals surface area contributed by atoms with E-state index in [1.165, 1.54) is 11.1 Å². The summed E-state index contributed by atoms with van der Waals surface area (Å²) < 4.78 is 5.70. The highest BCUT2D eigenvalue weighted by Crippen LogP contribution is 2.15. The first-order valence-electron chi connectivity index (χ1n) is 6.41. The molecule has 2 rings (SSSR count). The monoisotopic (exact) mass is 239 g/mol. The molecule has 0 spiro atoms. The SMILES string of the molecule is CC(C)Cc1c[c]c(OCc2ccccc2)cc1. The summed E-state index contributed by atoms with van der Waals surface area (Å²) in [6.07, 6.45) is 1.09. The van der Waals surface area contributed by atoms with E-state index in [1.807, 2.05) is 30.3 Å². The lowest BCUT2D eigenvalue weighted by Gasteiger charge is -2.08. The number of hydrogen-bond acceptors (Lipinski definition) is 1. The molecule has 0 aliphatic carbocycles. The molecule has 0 bridgehead atoms. The first kappa shape index (κ1) is 12.7. The molecule has 2 aromatic rings. The van der Waals surface area contributed by atoms with Crippen molar-refractivity contribution in [1.82, 2.24) is 0 Å². The van der Waals surface area contributed by atoms with E-state index in [9.17, 15) is 0 Å². The second-order valence-corrected chi connectivity index (χ2v) is 4.93. The van der Waals surface area contributed by atoms with Crippen molar-refractivity contribution in [2.45, 2.75) is 26.9 Å². The molecule has 0 atom stereocenters. The summed E-state index contributed by atoms with van der Waals surface area (Å²) in [4.78, 5) is 0. The van der Waals surface area contributed by atoms with E-state index >= 15 is 0 Å². The Morgan fingerprint density at radius 3 is 2.39 bits per heavy atom. The lowest BCUT2D eigenvalue weighted by molar-refractivity contribution is 0.305. The van der Waals surface area contributed by atoms with Gasteiger partial charge in [0, 0.05) is 6.07 Å². The molecule has 0 N–H and O–H groups in total. The Balaban J connectivity index is 1.90. The van der Waals surface area contributed by atoms with Crippen molar-refractivity contribution in [3.8, 4) is 5.75 Å². The Morgan fingerprint density at radius 1 is 1.00 bits per heavy atom. The highest BCUT2D eigenvalue weighted by Gasteiger charge is 1.99. The van der Waals surface area contributed by atoms with Gasteiger partial charge in [-0.05, 0) is 35.6 Å². The molecule has 0 saturated heterocycles. The van der Waals surface area contributed by atoms with Gasteiger partial charge < -0.3 is 4.74 Å². The Hall–Kier alpha value is -1.76. The molecule has 0 heterocycles. The van der Waals surface area contributed by atoms with Gasteiger partial charge in [-0.3, -0.25) is 0 Å². The molecular formula is C17H19O. The highest BCUT2D eigenvalue weighted by atomic mass is 16.5. The van der Waals surface area contributed by atoms with Crippen molar-refractivity contribution in [2.75, 3.05) is 0 Å². The quantitative estimate of drug-likeness (QED) is 0.757. The summed E-state index contributed by atoms with van der Waals surface area (Å²) in [6, 6.07) is 19.5. The van der Waals surface area contributed by atoms with Gasteiger partial charge in [-0.15, -0.1) is 0 Å². The van der Waals surface area contributed by atoms with Crippen molar-refractivity contribution < 1.29 is 4.74 Å². The average Bonchev–Trinajstić information content (AvgIpc) is 2.38. The van der Waals surface area contributed by atoms with E-state index < -0.39 is 0 Å². The van der Waals surface area contributed by atoms with Crippen LogP contribution in [0.4, 0.5) is 0 Å². The molecule has 1 heteroatoms. The van der Waals surface area contributed by atoms with E-state index in [4.69, 9.17) is 4.74 Å². The third-order valence-electron chi connectivity index (χ3n) is 2.73. The van der Waals surface area contributed by atoms with Crippen LogP contribution in [-0.2, 0) is 13.0 Å². The molecule has 0 unspecified atom stereocenters. The fourth-order valence-electron chi connectivity index (χ4n) is 1.87. The summed E-state index contributed by atoms with van der Waals surface area (Å²) in [5.74, 6) is 1.49. The van der Waals surface area contributed by atoms with Crippen LogP contribution in [-0.4, -0.2) is 0 Å². The van der Waals surface area contributed by atoms with E-state index in [2.05, 4.69) is 38.1 Å². The fraction of sp³-hybridized carbons (Fsp3) is 0.294. The van der Waals surface area contributed by atoms with E-state index in [-0.39, 0.29) is 0 Å². The van der Waals surface area contributed by atoms with Crippen molar-refractivity contribution in [2.24, 2.45) is 5.92 Å². The second kappa shape index (κ2) is 6.25. The first-order chi connectivity index (χ1) is 8.74. The third kappa shape index (κ3) is 3.92. The minimum absolute atomic E-state index is 0.598. The maximum Gasteiger partial charge on any atom is 0.127 e. The van der Waals surface area contributed by atoms with Gasteiger partial charge in [0.15, 0.2) is 0 Å². The van der Waals surface area contributed by atoms with Crippen LogP contribution in [0.25, 0.3) is 0 Å². The Morgan fingerprint density at radius 2 is 1.78 bits per heavy atom. The van der Waals surface area contributed by atoms with Crippen LogP contribution >= 0.6 is 0 Å². The normalized spacial score (nSPS) is 10.6. The Labute approximate surface area is 109 Å². The van der Waals surface area contributed by atoms with Crippen molar-refractivity contribution in [1.29, 1.82) is 0 Å². The van der Waals surface area contributed by atoms with Gasteiger partial charge in [-0.2, -0.15) is 0 Å². The number of benzene rings is 2. The minimum Gasteiger partial charge on any atom is -0.488 e. The molecule has 1 nitrogen and oxygen atoms in total. The maximum absolute atomic E-state index is 5.70. The van der Waals surface area contributed by atoms with Crippen LogP contribution in [0.3, 0.4) is 0 Å². The molecule has 0 fully saturated rings. The van der Waals surface area contributed by atoms with Crippen molar-refractivity contribution in [3.63, 3.8) is 0 Å². The molecule has 93 valence electrons. The smallest absolute Gasteiger partial charge is 0.127 e. The van der Waals surface area contributed by atoms with Gasteiger partial charge in [0.1, 0.15) is 12.4 Å². The summed E-state index contributed by atoms with van der Waals surface area (Å²) >= 11 is 0. The largest absolute Gasteiger partial charge is 0.488 e. The molecule has 18 heavy (non-hydrogen) atoms. The number of ether oxygens (including phenoxy) is 1. The van der Waals surface area contributed by atoms with Gasteiger partial charge in [0.2, 0.25) is 0 Å². The molecule has 0 aromatic heterocycles. The van der Waals surface area contributed by atoms with E-state index in [0.717, 1.165) is 12.2 Å². The predicted molar refractivity (Wildman–Crippen MR) is 74.6 cm³/mol. The first-order valence-corrected chi connectivity index (χ1v) is 6.41. The van der Waals surface area contributed by atoms with Crippen LogP contribution in [0, 0.1) is 12.0 Å². The molecule has 0 aliphatic heterocycles. The highest BCUT2D eigenvalue weighted by molar-refractivity contribution is 5.26. The van der Waals surface area contributed by atoms with Crippen LogP contribution in [0.5, 0.6) is 5.75 Å². The van der Waals surface area contributed by atoms with Crippen molar-refractivity contribution in [3.05, 3.63) is 65.7 Å². The lowest BCUT2D eigenvalue weighted by Crippen LogP contribution is -1.97.